The summed E-state index contributed by atoms with van der Waals surface area (Å²) in [6.45, 7) is 7.44. The molecule has 0 saturated carbocycles. The standard InChI is InChI=1S/C18H25N3OS/c1-15-4-2-3-5-16(15)12-21-9-8-20(13-17(21)6-10-22)14-18-19-7-11-23-18/h2-5,7,11,17,22H,6,8-10,12-14H2,1H3/t17-/m0/s1. The minimum atomic E-state index is 0.250. The highest BCUT2D eigenvalue weighted by Gasteiger charge is 2.27. The highest BCUT2D eigenvalue weighted by Crippen LogP contribution is 2.20. The van der Waals surface area contributed by atoms with Crippen LogP contribution in [-0.4, -0.2) is 52.2 Å². The van der Waals surface area contributed by atoms with E-state index in [-0.39, 0.29) is 6.61 Å². The van der Waals surface area contributed by atoms with Crippen LogP contribution in [0, 0.1) is 6.92 Å². The first-order valence-electron chi connectivity index (χ1n) is 8.26. The van der Waals surface area contributed by atoms with E-state index >= 15 is 0 Å². The van der Waals surface area contributed by atoms with Crippen LogP contribution in [0.2, 0.25) is 0 Å². The van der Waals surface area contributed by atoms with E-state index in [1.165, 1.54) is 16.1 Å². The fraction of sp³-hybridized carbons (Fsp3) is 0.500. The molecule has 1 fully saturated rings. The summed E-state index contributed by atoms with van der Waals surface area (Å²) in [6.07, 6.45) is 2.71. The Morgan fingerprint density at radius 2 is 2.13 bits per heavy atom. The van der Waals surface area contributed by atoms with Crippen molar-refractivity contribution in [2.24, 2.45) is 0 Å². The molecule has 2 heterocycles. The molecule has 1 aliphatic heterocycles. The summed E-state index contributed by atoms with van der Waals surface area (Å²) in [4.78, 5) is 9.38. The van der Waals surface area contributed by atoms with Crippen molar-refractivity contribution in [2.75, 3.05) is 26.2 Å². The molecular formula is C18H25N3OS. The van der Waals surface area contributed by atoms with E-state index in [9.17, 15) is 5.11 Å². The number of aliphatic hydroxyl groups excluding tert-OH is 1. The lowest BCUT2D eigenvalue weighted by Crippen LogP contribution is -2.52. The largest absolute Gasteiger partial charge is 0.396 e. The lowest BCUT2D eigenvalue weighted by atomic mass is 10.0. The molecular weight excluding hydrogens is 306 g/mol. The van der Waals surface area contributed by atoms with Gasteiger partial charge in [-0.25, -0.2) is 4.98 Å². The first-order valence-corrected chi connectivity index (χ1v) is 9.14. The number of benzene rings is 1. The van der Waals surface area contributed by atoms with Crippen LogP contribution in [0.1, 0.15) is 22.6 Å². The summed E-state index contributed by atoms with van der Waals surface area (Å²) in [5.74, 6) is 0. The Hall–Kier alpha value is -1.27. The predicted octanol–water partition coefficient (Wildman–Crippen LogP) is 2.52. The lowest BCUT2D eigenvalue weighted by Gasteiger charge is -2.41. The summed E-state index contributed by atoms with van der Waals surface area (Å²) in [5, 5.41) is 12.7. The second kappa shape index (κ2) is 8.02. The minimum Gasteiger partial charge on any atom is -0.396 e. The molecule has 0 radical (unpaired) electrons. The third kappa shape index (κ3) is 4.38. The Morgan fingerprint density at radius 1 is 1.26 bits per heavy atom. The van der Waals surface area contributed by atoms with Gasteiger partial charge in [-0.1, -0.05) is 24.3 Å². The van der Waals surface area contributed by atoms with E-state index in [2.05, 4.69) is 46.0 Å². The fourth-order valence-corrected chi connectivity index (χ4v) is 3.92. The smallest absolute Gasteiger partial charge is 0.107 e. The number of thiazole rings is 1. The fourth-order valence-electron chi connectivity index (χ4n) is 3.26. The summed E-state index contributed by atoms with van der Waals surface area (Å²) in [5.41, 5.74) is 2.74. The minimum absolute atomic E-state index is 0.250. The Morgan fingerprint density at radius 3 is 2.87 bits per heavy atom. The van der Waals surface area contributed by atoms with Crippen LogP contribution in [0.5, 0.6) is 0 Å². The van der Waals surface area contributed by atoms with Crippen molar-refractivity contribution in [3.8, 4) is 0 Å². The van der Waals surface area contributed by atoms with Gasteiger partial charge in [0.05, 0.1) is 6.54 Å². The van der Waals surface area contributed by atoms with Gasteiger partial charge in [-0.3, -0.25) is 9.80 Å². The highest BCUT2D eigenvalue weighted by molar-refractivity contribution is 7.09. The van der Waals surface area contributed by atoms with Gasteiger partial charge in [0.25, 0.3) is 0 Å². The zero-order valence-electron chi connectivity index (χ0n) is 13.7. The molecule has 0 bridgehead atoms. The number of hydrogen-bond acceptors (Lipinski definition) is 5. The maximum Gasteiger partial charge on any atom is 0.107 e. The molecule has 23 heavy (non-hydrogen) atoms. The van der Waals surface area contributed by atoms with Gasteiger partial charge in [-0.15, -0.1) is 11.3 Å². The van der Waals surface area contributed by atoms with Crippen LogP contribution in [0.15, 0.2) is 35.8 Å². The van der Waals surface area contributed by atoms with E-state index < -0.39 is 0 Å². The van der Waals surface area contributed by atoms with E-state index in [1.54, 1.807) is 11.3 Å². The van der Waals surface area contributed by atoms with Gasteiger partial charge in [-0.05, 0) is 24.5 Å². The van der Waals surface area contributed by atoms with Gasteiger partial charge in [0, 0.05) is 50.4 Å². The van der Waals surface area contributed by atoms with E-state index in [0.29, 0.717) is 6.04 Å². The number of aryl methyl sites for hydroxylation is 1. The molecule has 1 atom stereocenters. The zero-order valence-corrected chi connectivity index (χ0v) is 14.5. The number of rotatable bonds is 6. The summed E-state index contributed by atoms with van der Waals surface area (Å²) < 4.78 is 0. The molecule has 2 aromatic rings. The van der Waals surface area contributed by atoms with Crippen molar-refractivity contribution in [2.45, 2.75) is 32.5 Å². The number of nitrogens with zero attached hydrogens (tertiary/aromatic N) is 3. The SMILES string of the molecule is Cc1ccccc1CN1CCN(Cc2nccs2)C[C@@H]1CCO. The molecule has 4 nitrogen and oxygen atoms in total. The van der Waals surface area contributed by atoms with Crippen LogP contribution in [0.4, 0.5) is 0 Å². The van der Waals surface area contributed by atoms with Crippen molar-refractivity contribution in [1.82, 2.24) is 14.8 Å². The van der Waals surface area contributed by atoms with Gasteiger partial charge in [0.15, 0.2) is 0 Å². The van der Waals surface area contributed by atoms with E-state index in [0.717, 1.165) is 39.1 Å². The monoisotopic (exact) mass is 331 g/mol. The second-order valence-corrected chi connectivity index (χ2v) is 7.20. The maximum absolute atomic E-state index is 9.44. The molecule has 5 heteroatoms. The molecule has 1 aliphatic rings. The van der Waals surface area contributed by atoms with Gasteiger partial charge in [-0.2, -0.15) is 0 Å². The Kier molecular flexibility index (Phi) is 5.78. The van der Waals surface area contributed by atoms with Crippen LogP contribution in [-0.2, 0) is 13.1 Å². The average Bonchev–Trinajstić information content (AvgIpc) is 3.05. The quantitative estimate of drug-likeness (QED) is 0.883. The third-order valence-corrected chi connectivity index (χ3v) is 5.39. The topological polar surface area (TPSA) is 39.6 Å². The third-order valence-electron chi connectivity index (χ3n) is 4.63. The van der Waals surface area contributed by atoms with Gasteiger partial charge in [0.1, 0.15) is 5.01 Å². The van der Waals surface area contributed by atoms with Crippen molar-refractivity contribution in [3.63, 3.8) is 0 Å². The van der Waals surface area contributed by atoms with Crippen LogP contribution >= 0.6 is 11.3 Å². The molecule has 3 rings (SSSR count). The summed E-state index contributed by atoms with van der Waals surface area (Å²) in [7, 11) is 0. The van der Waals surface area contributed by atoms with E-state index in [1.807, 2.05) is 11.6 Å². The van der Waals surface area contributed by atoms with Crippen LogP contribution < -0.4 is 0 Å². The van der Waals surface area contributed by atoms with Gasteiger partial charge in [0.2, 0.25) is 0 Å². The molecule has 1 aromatic carbocycles. The summed E-state index contributed by atoms with van der Waals surface area (Å²) >= 11 is 1.72. The molecule has 0 spiro atoms. The van der Waals surface area contributed by atoms with Crippen LogP contribution in [0.25, 0.3) is 0 Å². The lowest BCUT2D eigenvalue weighted by molar-refractivity contribution is 0.0498. The Bertz CT molecular complexity index is 602. The Labute approximate surface area is 142 Å². The highest BCUT2D eigenvalue weighted by atomic mass is 32.1. The maximum atomic E-state index is 9.44. The van der Waals surface area contributed by atoms with Crippen LogP contribution in [0.3, 0.4) is 0 Å². The van der Waals surface area contributed by atoms with Crippen molar-refractivity contribution in [3.05, 3.63) is 52.0 Å². The second-order valence-electron chi connectivity index (χ2n) is 6.22. The predicted molar refractivity (Wildman–Crippen MR) is 94.5 cm³/mol. The van der Waals surface area contributed by atoms with Crippen molar-refractivity contribution >= 4 is 11.3 Å². The zero-order chi connectivity index (χ0) is 16.1. The summed E-state index contributed by atoms with van der Waals surface area (Å²) in [6, 6.07) is 9.01. The Balaban J connectivity index is 1.64. The van der Waals surface area contributed by atoms with Gasteiger partial charge >= 0.3 is 0 Å². The molecule has 1 N–H and O–H groups in total. The molecule has 0 amide bonds. The molecule has 124 valence electrons. The number of piperazine rings is 1. The van der Waals surface area contributed by atoms with Crippen molar-refractivity contribution < 1.29 is 5.11 Å². The van der Waals surface area contributed by atoms with Gasteiger partial charge < -0.3 is 5.11 Å². The van der Waals surface area contributed by atoms with E-state index in [4.69, 9.17) is 0 Å². The molecule has 0 unspecified atom stereocenters. The molecule has 1 saturated heterocycles. The van der Waals surface area contributed by atoms with Crippen molar-refractivity contribution in [1.29, 1.82) is 0 Å². The number of hydrogen-bond donors (Lipinski definition) is 1. The first kappa shape index (κ1) is 16.6. The average molecular weight is 331 g/mol. The normalized spacial score (nSPS) is 20.0. The number of aliphatic hydroxyl groups is 1. The number of aromatic nitrogens is 1. The molecule has 0 aliphatic carbocycles. The first-order chi connectivity index (χ1) is 11.3. The molecule has 1 aromatic heterocycles.